The van der Waals surface area contributed by atoms with Crippen molar-refractivity contribution in [3.63, 3.8) is 0 Å². The van der Waals surface area contributed by atoms with Gasteiger partial charge in [0.25, 0.3) is 11.8 Å². The number of carboxylic acids is 4. The largest absolute Gasteiger partial charge is 0.489 e. The predicted molar refractivity (Wildman–Crippen MR) is 276 cm³/mol. The van der Waals surface area contributed by atoms with Crippen LogP contribution in [0.5, 0.6) is 23.0 Å². The SMILES string of the molecule is N=C(N)Cc1ccc2c(c1)CCCOc1c(cccc1C(=O)N(CCOCCOCCOCCN(C(=O)c1cccc3c1OCCCc1cc(CC(=N)N)ccc1C(=O)O3)[C@@H](CC(=O)O)C(=O)O)[C@@H](CC(=O)O)C(=O)O)OC2=O. The fourth-order valence-electron chi connectivity index (χ4n) is 8.74. The second-order valence-corrected chi connectivity index (χ2v) is 18.1. The van der Waals surface area contributed by atoms with Crippen LogP contribution in [-0.4, -0.2) is 168 Å². The summed E-state index contributed by atoms with van der Waals surface area (Å²) in [5.41, 5.74) is 13.9. The Morgan fingerprint density at radius 2 is 0.937 bits per heavy atom. The maximum Gasteiger partial charge on any atom is 0.343 e. The zero-order valence-electron chi connectivity index (χ0n) is 42.8. The van der Waals surface area contributed by atoms with Gasteiger partial charge in [-0.1, -0.05) is 36.4 Å². The molecule has 0 radical (unpaired) electrons. The number of para-hydroxylation sites is 2. The van der Waals surface area contributed by atoms with Gasteiger partial charge in [-0.3, -0.25) is 30.0 Å². The zero-order chi connectivity index (χ0) is 57.2. The number of nitrogens with zero attached hydrogens (tertiary/aromatic N) is 2. The number of fused-ring (bicyclic) bond motifs is 4. The Labute approximate surface area is 451 Å². The Hall–Kier alpha value is -8.94. The van der Waals surface area contributed by atoms with Gasteiger partial charge in [0.2, 0.25) is 0 Å². The third-order valence-electron chi connectivity index (χ3n) is 12.3. The van der Waals surface area contributed by atoms with Crippen molar-refractivity contribution in [1.82, 2.24) is 9.80 Å². The predicted octanol–water partition coefficient (Wildman–Crippen LogP) is 3.22. The number of ether oxygens (including phenoxy) is 7. The smallest absolute Gasteiger partial charge is 0.343 e. The number of hydrogen-bond donors (Lipinski definition) is 8. The Morgan fingerprint density at radius 3 is 1.29 bits per heavy atom. The molecule has 0 aliphatic carbocycles. The number of aryl methyl sites for hydroxylation is 2. The molecule has 2 aliphatic heterocycles. The average Bonchev–Trinajstić information content (AvgIpc) is 3.39. The first-order chi connectivity index (χ1) is 37.8. The maximum absolute atomic E-state index is 14.3. The minimum Gasteiger partial charge on any atom is -0.489 e. The van der Waals surface area contributed by atoms with E-state index in [9.17, 15) is 58.8 Å². The molecule has 79 heavy (non-hydrogen) atoms. The van der Waals surface area contributed by atoms with E-state index in [0.29, 0.717) is 36.8 Å². The Morgan fingerprint density at radius 1 is 0.557 bits per heavy atom. The summed E-state index contributed by atoms with van der Waals surface area (Å²) < 4.78 is 40.2. The number of amidine groups is 2. The summed E-state index contributed by atoms with van der Waals surface area (Å²) in [6.07, 6.45) is -0.132. The fraction of sp³-hybridized carbons (Fsp3) is 0.370. The summed E-state index contributed by atoms with van der Waals surface area (Å²) in [7, 11) is 0. The number of carbonyl (C=O) groups excluding carboxylic acids is 4. The molecule has 4 aromatic rings. The van der Waals surface area contributed by atoms with Crippen molar-refractivity contribution in [3.8, 4) is 23.0 Å². The average molecular weight is 1100 g/mol. The molecule has 6 rings (SSSR count). The quantitative estimate of drug-likeness (QED) is 0.0147. The summed E-state index contributed by atoms with van der Waals surface area (Å²) >= 11 is 0. The fourth-order valence-corrected chi connectivity index (χ4v) is 8.74. The van der Waals surface area contributed by atoms with Gasteiger partial charge in [0.05, 0.1) is 99.6 Å². The molecule has 0 saturated heterocycles. The van der Waals surface area contributed by atoms with Gasteiger partial charge in [-0.15, -0.1) is 0 Å². The van der Waals surface area contributed by atoms with Crippen LogP contribution in [0.3, 0.4) is 0 Å². The molecule has 2 aliphatic rings. The van der Waals surface area contributed by atoms with Crippen molar-refractivity contribution in [2.45, 2.75) is 63.5 Å². The molecule has 0 saturated carbocycles. The highest BCUT2D eigenvalue weighted by Crippen LogP contribution is 2.37. The van der Waals surface area contributed by atoms with Crippen LogP contribution in [0, 0.1) is 10.8 Å². The van der Waals surface area contributed by atoms with E-state index < -0.39 is 85.6 Å². The molecule has 10 N–H and O–H groups in total. The molecule has 0 bridgehead atoms. The van der Waals surface area contributed by atoms with Gasteiger partial charge >= 0.3 is 35.8 Å². The monoisotopic (exact) mass is 1100 g/mol. The molecule has 25 heteroatoms. The first-order valence-corrected chi connectivity index (χ1v) is 24.9. The van der Waals surface area contributed by atoms with E-state index >= 15 is 0 Å². The first-order valence-electron chi connectivity index (χ1n) is 24.9. The molecule has 0 unspecified atom stereocenters. The molecule has 2 amide bonds. The molecule has 25 nitrogen and oxygen atoms in total. The summed E-state index contributed by atoms with van der Waals surface area (Å²) in [5, 5.41) is 54.7. The number of esters is 2. The van der Waals surface area contributed by atoms with Gasteiger partial charge < -0.3 is 74.9 Å². The van der Waals surface area contributed by atoms with Crippen LogP contribution < -0.4 is 30.4 Å². The summed E-state index contributed by atoms with van der Waals surface area (Å²) in [6, 6.07) is 14.4. The highest BCUT2D eigenvalue weighted by atomic mass is 16.6. The number of rotatable bonds is 26. The zero-order valence-corrected chi connectivity index (χ0v) is 42.8. The molecule has 0 spiro atoms. The van der Waals surface area contributed by atoms with Crippen molar-refractivity contribution in [2.75, 3.05) is 65.9 Å². The minimum atomic E-state index is -1.86. The molecule has 0 aromatic heterocycles. The summed E-state index contributed by atoms with van der Waals surface area (Å²) in [4.78, 5) is 106. The molecule has 0 fully saturated rings. The van der Waals surface area contributed by atoms with Crippen molar-refractivity contribution >= 4 is 59.3 Å². The van der Waals surface area contributed by atoms with Gasteiger partial charge in [0, 0.05) is 25.9 Å². The van der Waals surface area contributed by atoms with E-state index in [1.54, 1.807) is 36.4 Å². The number of hydrogen-bond acceptors (Lipinski definition) is 17. The highest BCUT2D eigenvalue weighted by Gasteiger charge is 2.37. The van der Waals surface area contributed by atoms with E-state index in [2.05, 4.69) is 0 Å². The Balaban J connectivity index is 1.04. The van der Waals surface area contributed by atoms with Crippen molar-refractivity contribution < 1.29 is 91.9 Å². The van der Waals surface area contributed by atoms with Gasteiger partial charge in [0.1, 0.15) is 12.1 Å². The van der Waals surface area contributed by atoms with Crippen LogP contribution in [0.25, 0.3) is 0 Å². The third kappa shape index (κ3) is 16.5. The van der Waals surface area contributed by atoms with E-state index in [0.717, 1.165) is 20.9 Å². The van der Waals surface area contributed by atoms with Crippen LogP contribution in [0.2, 0.25) is 0 Å². The topological polar surface area (TPSA) is 388 Å². The summed E-state index contributed by atoms with van der Waals surface area (Å²) in [5.74, 6) is -10.4. The lowest BCUT2D eigenvalue weighted by Crippen LogP contribution is -2.48. The van der Waals surface area contributed by atoms with Gasteiger partial charge in [-0.2, -0.15) is 0 Å². The standard InChI is InChI=1S/C54H60N6O19/c55-43(56)27-31-11-13-35-33(25-31)5-3-17-76-47-37(7-1-9-41(47)78-53(35)71)49(65)59(39(51(67)68)29-45(61)62)15-19-73-21-23-75-24-22-74-20-16-60(40(52(69)70)30-46(63)64)50(66)38-8-2-10-42-48(38)77-18-4-6-34-26-32(28-44(57)58)12-14-36(34)54(72)79-42/h1-2,7-14,25-26,39-40H,3-6,15-24,27-30H2,(H3,55,56)(H3,57,58)(H,61,62)(H,63,64)(H,67,68)(H,69,70)/t39-,40-/m0/s1. The van der Waals surface area contributed by atoms with Crippen LogP contribution in [0.15, 0.2) is 72.8 Å². The second kappa shape index (κ2) is 28.4. The molecular formula is C54H60N6O19. The third-order valence-corrected chi connectivity index (χ3v) is 12.3. The van der Waals surface area contributed by atoms with Crippen molar-refractivity contribution in [3.05, 3.63) is 117 Å². The lowest BCUT2D eigenvalue weighted by atomic mass is 9.98. The van der Waals surface area contributed by atoms with Crippen LogP contribution >= 0.6 is 0 Å². The number of aliphatic carboxylic acids is 4. The Kier molecular flexibility index (Phi) is 21.3. The highest BCUT2D eigenvalue weighted by molar-refractivity contribution is 6.02. The van der Waals surface area contributed by atoms with Crippen molar-refractivity contribution in [1.29, 1.82) is 10.8 Å². The van der Waals surface area contributed by atoms with Crippen molar-refractivity contribution in [2.24, 2.45) is 11.5 Å². The number of amides is 2. The first kappa shape index (κ1) is 59.3. The lowest BCUT2D eigenvalue weighted by Gasteiger charge is -2.29. The van der Waals surface area contributed by atoms with Crippen LogP contribution in [0.4, 0.5) is 0 Å². The summed E-state index contributed by atoms with van der Waals surface area (Å²) in [6.45, 7) is -1.64. The van der Waals surface area contributed by atoms with Gasteiger partial charge in [0.15, 0.2) is 23.0 Å². The van der Waals surface area contributed by atoms with E-state index in [1.165, 1.54) is 36.4 Å². The normalized spacial score (nSPS) is 13.8. The van der Waals surface area contributed by atoms with Crippen LogP contribution in [0.1, 0.15) is 89.4 Å². The number of nitrogens with two attached hydrogens (primary N) is 2. The maximum atomic E-state index is 14.3. The molecular weight excluding hydrogens is 1040 g/mol. The lowest BCUT2D eigenvalue weighted by molar-refractivity contribution is -0.149. The number of carboxylic acid groups (broad SMARTS) is 4. The van der Waals surface area contributed by atoms with E-state index in [1.807, 2.05) is 0 Å². The molecule has 420 valence electrons. The minimum absolute atomic E-state index is 0.0319. The second-order valence-electron chi connectivity index (χ2n) is 18.1. The molecule has 4 aromatic carbocycles. The van der Waals surface area contributed by atoms with E-state index in [4.69, 9.17) is 55.4 Å². The molecule has 2 atom stereocenters. The number of carbonyl (C=O) groups is 8. The Bertz CT molecular complexity index is 2770. The van der Waals surface area contributed by atoms with Gasteiger partial charge in [-0.25, -0.2) is 19.2 Å². The van der Waals surface area contributed by atoms with E-state index in [-0.39, 0.29) is 123 Å². The molecule has 2 heterocycles. The number of nitrogens with one attached hydrogen (secondary N) is 2. The van der Waals surface area contributed by atoms with Gasteiger partial charge in [-0.05, 0) is 84.3 Å². The number of benzene rings is 4. The van der Waals surface area contributed by atoms with Crippen LogP contribution in [-0.2, 0) is 59.1 Å².